The van der Waals surface area contributed by atoms with E-state index in [9.17, 15) is 15.0 Å². The third kappa shape index (κ3) is 4.44. The van der Waals surface area contributed by atoms with Crippen LogP contribution in [-0.2, 0) is 0 Å². The molecule has 1 atom stereocenters. The second-order valence-corrected chi connectivity index (χ2v) is 4.69. The standard InChI is InChI=1S/C14H22N2O3/c1-3-9(4-2)13(15)8-16-14(19)10-5-11(17)7-12(18)6-10/h5-7,9,13,17-18H,3-4,8,15H2,1-2H3,(H,16,19). The zero-order valence-electron chi connectivity index (χ0n) is 11.4. The van der Waals surface area contributed by atoms with Crippen molar-refractivity contribution in [2.45, 2.75) is 32.7 Å². The Hall–Kier alpha value is -1.75. The number of phenols is 2. The molecular weight excluding hydrogens is 244 g/mol. The van der Waals surface area contributed by atoms with Crippen molar-refractivity contribution in [2.24, 2.45) is 11.7 Å². The number of rotatable bonds is 6. The van der Waals surface area contributed by atoms with Gasteiger partial charge in [0.1, 0.15) is 11.5 Å². The van der Waals surface area contributed by atoms with Gasteiger partial charge in [0.15, 0.2) is 0 Å². The fourth-order valence-corrected chi connectivity index (χ4v) is 2.10. The molecule has 5 nitrogen and oxygen atoms in total. The first-order valence-corrected chi connectivity index (χ1v) is 6.54. The van der Waals surface area contributed by atoms with Crippen LogP contribution < -0.4 is 11.1 Å². The summed E-state index contributed by atoms with van der Waals surface area (Å²) in [7, 11) is 0. The molecule has 0 spiro atoms. The number of aromatic hydroxyl groups is 2. The monoisotopic (exact) mass is 266 g/mol. The van der Waals surface area contributed by atoms with E-state index in [0.29, 0.717) is 12.5 Å². The first-order valence-electron chi connectivity index (χ1n) is 6.54. The van der Waals surface area contributed by atoms with Gasteiger partial charge in [0.05, 0.1) is 0 Å². The Morgan fingerprint density at radius 2 is 1.74 bits per heavy atom. The molecular formula is C14H22N2O3. The molecule has 0 saturated carbocycles. The summed E-state index contributed by atoms with van der Waals surface area (Å²) in [5.74, 6) is -0.269. The smallest absolute Gasteiger partial charge is 0.251 e. The highest BCUT2D eigenvalue weighted by Crippen LogP contribution is 2.20. The minimum atomic E-state index is -0.354. The molecule has 0 fully saturated rings. The Bertz CT molecular complexity index is 410. The predicted molar refractivity (Wildman–Crippen MR) is 74.2 cm³/mol. The van der Waals surface area contributed by atoms with Crippen molar-refractivity contribution < 1.29 is 15.0 Å². The van der Waals surface area contributed by atoms with Crippen molar-refractivity contribution >= 4 is 5.91 Å². The molecule has 1 amide bonds. The van der Waals surface area contributed by atoms with Crippen LogP contribution in [0, 0.1) is 5.92 Å². The number of hydrogen-bond acceptors (Lipinski definition) is 4. The van der Waals surface area contributed by atoms with Gasteiger partial charge in [0.25, 0.3) is 5.91 Å². The lowest BCUT2D eigenvalue weighted by molar-refractivity contribution is 0.0947. The highest BCUT2D eigenvalue weighted by Gasteiger charge is 2.15. The van der Waals surface area contributed by atoms with Crippen molar-refractivity contribution in [1.82, 2.24) is 5.32 Å². The Kier molecular flexibility index (Phi) is 5.63. The van der Waals surface area contributed by atoms with Crippen molar-refractivity contribution in [3.63, 3.8) is 0 Å². The summed E-state index contributed by atoms with van der Waals surface area (Å²) in [5.41, 5.74) is 6.23. The molecule has 0 saturated heterocycles. The van der Waals surface area contributed by atoms with Crippen LogP contribution in [0.25, 0.3) is 0 Å². The molecule has 0 bridgehead atoms. The number of hydrogen-bond donors (Lipinski definition) is 4. The van der Waals surface area contributed by atoms with Crippen LogP contribution in [0.15, 0.2) is 18.2 Å². The summed E-state index contributed by atoms with van der Waals surface area (Å²) in [6, 6.07) is 3.69. The summed E-state index contributed by atoms with van der Waals surface area (Å²) < 4.78 is 0. The quantitative estimate of drug-likeness (QED) is 0.628. The largest absolute Gasteiger partial charge is 0.508 e. The van der Waals surface area contributed by atoms with Crippen LogP contribution in [0.3, 0.4) is 0 Å². The van der Waals surface area contributed by atoms with Gasteiger partial charge in [-0.1, -0.05) is 26.7 Å². The summed E-state index contributed by atoms with van der Waals surface area (Å²) in [4.78, 5) is 11.9. The van der Waals surface area contributed by atoms with E-state index in [1.54, 1.807) is 0 Å². The SMILES string of the molecule is CCC(CC)C(N)CNC(=O)c1cc(O)cc(O)c1. The van der Waals surface area contributed by atoms with E-state index in [0.717, 1.165) is 12.8 Å². The van der Waals surface area contributed by atoms with Gasteiger partial charge in [-0.2, -0.15) is 0 Å². The third-order valence-corrected chi connectivity index (χ3v) is 3.32. The molecule has 0 radical (unpaired) electrons. The zero-order chi connectivity index (χ0) is 14.4. The Balaban J connectivity index is 2.60. The maximum Gasteiger partial charge on any atom is 0.251 e. The lowest BCUT2D eigenvalue weighted by Gasteiger charge is -2.21. The average Bonchev–Trinajstić information content (AvgIpc) is 2.36. The lowest BCUT2D eigenvalue weighted by atomic mass is 9.95. The van der Waals surface area contributed by atoms with E-state index >= 15 is 0 Å². The third-order valence-electron chi connectivity index (χ3n) is 3.32. The molecule has 0 heterocycles. The van der Waals surface area contributed by atoms with E-state index in [4.69, 9.17) is 5.73 Å². The number of phenolic OH excluding ortho intramolecular Hbond substituents is 2. The van der Waals surface area contributed by atoms with Crippen LogP contribution in [0.4, 0.5) is 0 Å². The molecule has 106 valence electrons. The summed E-state index contributed by atoms with van der Waals surface area (Å²) >= 11 is 0. The van der Waals surface area contributed by atoms with Gasteiger partial charge in [-0.25, -0.2) is 0 Å². The van der Waals surface area contributed by atoms with Crippen molar-refractivity contribution in [1.29, 1.82) is 0 Å². The summed E-state index contributed by atoms with van der Waals surface area (Å²) in [6.07, 6.45) is 1.95. The van der Waals surface area contributed by atoms with Gasteiger partial charge >= 0.3 is 0 Å². The van der Waals surface area contributed by atoms with Crippen molar-refractivity contribution in [3.8, 4) is 11.5 Å². The highest BCUT2D eigenvalue weighted by atomic mass is 16.3. The van der Waals surface area contributed by atoms with E-state index in [1.807, 2.05) is 0 Å². The molecule has 5 heteroatoms. The average molecular weight is 266 g/mol. The topological polar surface area (TPSA) is 95.6 Å². The second kappa shape index (κ2) is 6.99. The van der Waals surface area contributed by atoms with E-state index < -0.39 is 0 Å². The number of nitrogens with two attached hydrogens (primary N) is 1. The van der Waals surface area contributed by atoms with E-state index in [1.165, 1.54) is 18.2 Å². The Morgan fingerprint density at radius 3 is 2.21 bits per heavy atom. The van der Waals surface area contributed by atoms with Gasteiger partial charge in [-0.3, -0.25) is 4.79 Å². The fraction of sp³-hybridized carbons (Fsp3) is 0.500. The molecule has 1 rings (SSSR count). The van der Waals surface area contributed by atoms with Crippen LogP contribution in [0.2, 0.25) is 0 Å². The maximum absolute atomic E-state index is 11.9. The molecule has 1 unspecified atom stereocenters. The van der Waals surface area contributed by atoms with Crippen LogP contribution >= 0.6 is 0 Å². The normalized spacial score (nSPS) is 12.4. The number of carbonyl (C=O) groups excluding carboxylic acids is 1. The van der Waals surface area contributed by atoms with E-state index in [2.05, 4.69) is 19.2 Å². The number of nitrogens with one attached hydrogen (secondary N) is 1. The van der Waals surface area contributed by atoms with Crippen LogP contribution in [-0.4, -0.2) is 28.7 Å². The van der Waals surface area contributed by atoms with E-state index in [-0.39, 0.29) is 29.0 Å². The second-order valence-electron chi connectivity index (χ2n) is 4.69. The fourth-order valence-electron chi connectivity index (χ4n) is 2.10. The number of benzene rings is 1. The molecule has 19 heavy (non-hydrogen) atoms. The zero-order valence-corrected chi connectivity index (χ0v) is 11.4. The first-order chi connectivity index (χ1) is 8.97. The summed E-state index contributed by atoms with van der Waals surface area (Å²) in [6.45, 7) is 4.52. The molecule has 0 aromatic heterocycles. The van der Waals surface area contributed by atoms with Crippen LogP contribution in [0.5, 0.6) is 11.5 Å². The van der Waals surface area contributed by atoms with Gasteiger partial charge < -0.3 is 21.3 Å². The van der Waals surface area contributed by atoms with Crippen molar-refractivity contribution in [2.75, 3.05) is 6.54 Å². The maximum atomic E-state index is 11.9. The van der Waals surface area contributed by atoms with Gasteiger partial charge in [0.2, 0.25) is 0 Å². The molecule has 1 aromatic rings. The lowest BCUT2D eigenvalue weighted by Crippen LogP contribution is -2.41. The summed E-state index contributed by atoms with van der Waals surface area (Å²) in [5, 5.41) is 21.4. The number of amides is 1. The molecule has 0 aliphatic carbocycles. The molecule has 5 N–H and O–H groups in total. The minimum Gasteiger partial charge on any atom is -0.508 e. The number of carbonyl (C=O) groups is 1. The van der Waals surface area contributed by atoms with Crippen molar-refractivity contribution in [3.05, 3.63) is 23.8 Å². The molecule has 0 aliphatic rings. The Morgan fingerprint density at radius 1 is 1.21 bits per heavy atom. The first kappa shape index (κ1) is 15.3. The minimum absolute atomic E-state index is 0.0927. The van der Waals surface area contributed by atoms with Gasteiger partial charge in [-0.15, -0.1) is 0 Å². The molecule has 1 aromatic carbocycles. The Labute approximate surface area is 113 Å². The van der Waals surface area contributed by atoms with Gasteiger partial charge in [-0.05, 0) is 18.1 Å². The van der Waals surface area contributed by atoms with Gasteiger partial charge in [0, 0.05) is 24.2 Å². The van der Waals surface area contributed by atoms with Crippen LogP contribution in [0.1, 0.15) is 37.0 Å². The molecule has 0 aliphatic heterocycles. The highest BCUT2D eigenvalue weighted by molar-refractivity contribution is 5.95. The predicted octanol–water partition coefficient (Wildman–Crippen LogP) is 1.59.